The molecule has 21 heavy (non-hydrogen) atoms. The fraction of sp³-hybridized carbons (Fsp3) is 0.467. The molecule has 0 unspecified atom stereocenters. The van der Waals surface area contributed by atoms with Crippen molar-refractivity contribution in [1.29, 1.82) is 0 Å². The largest absolute Gasteiger partial charge is 0.323 e. The summed E-state index contributed by atoms with van der Waals surface area (Å²) in [6.07, 6.45) is 3.73. The lowest BCUT2D eigenvalue weighted by molar-refractivity contribution is -0.116. The van der Waals surface area contributed by atoms with E-state index in [0.29, 0.717) is 24.0 Å². The van der Waals surface area contributed by atoms with Crippen LogP contribution < -0.4 is 5.32 Å². The summed E-state index contributed by atoms with van der Waals surface area (Å²) in [6, 6.07) is 0. The summed E-state index contributed by atoms with van der Waals surface area (Å²) in [5.41, 5.74) is 2.59. The second kappa shape index (κ2) is 6.03. The molecule has 0 bridgehead atoms. The van der Waals surface area contributed by atoms with Gasteiger partial charge < -0.3 is 5.32 Å². The zero-order chi connectivity index (χ0) is 15.6. The van der Waals surface area contributed by atoms with Gasteiger partial charge in [-0.1, -0.05) is 13.8 Å². The Bertz CT molecular complexity index is 643. The molecule has 0 atom stereocenters. The third-order valence-corrected chi connectivity index (χ3v) is 3.23. The highest BCUT2D eigenvalue weighted by Crippen LogP contribution is 2.15. The van der Waals surface area contributed by atoms with Crippen LogP contribution in [0.25, 0.3) is 5.95 Å². The third kappa shape index (κ3) is 3.45. The van der Waals surface area contributed by atoms with E-state index >= 15 is 0 Å². The molecule has 112 valence electrons. The molecule has 2 rings (SSSR count). The molecule has 0 aliphatic carbocycles. The Kier molecular flexibility index (Phi) is 4.35. The zero-order valence-corrected chi connectivity index (χ0v) is 13.1. The van der Waals surface area contributed by atoms with Crippen LogP contribution in [0.5, 0.6) is 0 Å². The summed E-state index contributed by atoms with van der Waals surface area (Å²) >= 11 is 0. The minimum Gasteiger partial charge on any atom is -0.323 e. The normalized spacial score (nSPS) is 11.0. The molecule has 2 aromatic rings. The quantitative estimate of drug-likeness (QED) is 0.938. The second-order valence-electron chi connectivity index (χ2n) is 5.58. The maximum atomic E-state index is 11.7. The Morgan fingerprint density at radius 2 is 1.86 bits per heavy atom. The number of nitrogens with zero attached hydrogens (tertiary/aromatic N) is 4. The third-order valence-electron chi connectivity index (χ3n) is 3.23. The number of rotatable bonds is 4. The average molecular weight is 287 g/mol. The summed E-state index contributed by atoms with van der Waals surface area (Å²) in [5, 5.41) is 2.80. The van der Waals surface area contributed by atoms with Gasteiger partial charge in [-0.2, -0.15) is 0 Å². The standard InChI is InChI=1S/C15H21N5O/c1-9(2)6-14(21)19-13-7-16-15(17-8-13)20-11(4)10(3)18-12(20)5/h7-9H,6H2,1-5H3,(H,19,21). The molecule has 0 saturated carbocycles. The van der Waals surface area contributed by atoms with Crippen LogP contribution in [0.3, 0.4) is 0 Å². The minimum absolute atomic E-state index is 0.0211. The molecule has 0 fully saturated rings. The van der Waals surface area contributed by atoms with E-state index in [9.17, 15) is 4.79 Å². The van der Waals surface area contributed by atoms with Crippen LogP contribution in [0.1, 0.15) is 37.5 Å². The minimum atomic E-state index is -0.0211. The van der Waals surface area contributed by atoms with E-state index in [1.165, 1.54) is 0 Å². The topological polar surface area (TPSA) is 72.7 Å². The monoisotopic (exact) mass is 287 g/mol. The Labute approximate surface area is 124 Å². The van der Waals surface area contributed by atoms with E-state index in [1.54, 1.807) is 12.4 Å². The molecule has 6 nitrogen and oxygen atoms in total. The molecule has 2 aromatic heterocycles. The predicted molar refractivity (Wildman–Crippen MR) is 81.4 cm³/mol. The Morgan fingerprint density at radius 1 is 1.24 bits per heavy atom. The molecule has 0 aromatic carbocycles. The van der Waals surface area contributed by atoms with E-state index in [4.69, 9.17) is 0 Å². The van der Waals surface area contributed by atoms with Crippen molar-refractivity contribution in [1.82, 2.24) is 19.5 Å². The number of aromatic nitrogens is 4. The van der Waals surface area contributed by atoms with Crippen LogP contribution in [0.4, 0.5) is 5.69 Å². The van der Waals surface area contributed by atoms with Gasteiger partial charge in [-0.25, -0.2) is 15.0 Å². The molecule has 0 aliphatic rings. The molecule has 2 heterocycles. The van der Waals surface area contributed by atoms with Crippen LogP contribution >= 0.6 is 0 Å². The van der Waals surface area contributed by atoms with Gasteiger partial charge >= 0.3 is 0 Å². The summed E-state index contributed by atoms with van der Waals surface area (Å²) in [4.78, 5) is 24.7. The highest BCUT2D eigenvalue weighted by molar-refractivity contribution is 5.90. The maximum absolute atomic E-state index is 11.7. The number of hydrogen-bond acceptors (Lipinski definition) is 4. The number of hydrogen-bond donors (Lipinski definition) is 1. The van der Waals surface area contributed by atoms with Gasteiger partial charge in [0.15, 0.2) is 0 Å². The van der Waals surface area contributed by atoms with Gasteiger partial charge in [0.05, 0.1) is 23.8 Å². The van der Waals surface area contributed by atoms with E-state index < -0.39 is 0 Å². The number of imidazole rings is 1. The lowest BCUT2D eigenvalue weighted by Gasteiger charge is -2.09. The van der Waals surface area contributed by atoms with Crippen LogP contribution in [0.15, 0.2) is 12.4 Å². The van der Waals surface area contributed by atoms with Crippen molar-refractivity contribution < 1.29 is 4.79 Å². The lowest BCUT2D eigenvalue weighted by Crippen LogP contribution is -2.14. The number of amides is 1. The first kappa shape index (κ1) is 15.2. The van der Waals surface area contributed by atoms with Crippen molar-refractivity contribution in [2.24, 2.45) is 5.92 Å². The Hall–Kier alpha value is -2.24. The van der Waals surface area contributed by atoms with Gasteiger partial charge in [0.2, 0.25) is 11.9 Å². The first-order valence-corrected chi connectivity index (χ1v) is 7.03. The zero-order valence-electron chi connectivity index (χ0n) is 13.1. The molecule has 0 spiro atoms. The van der Waals surface area contributed by atoms with Crippen molar-refractivity contribution >= 4 is 11.6 Å². The first-order valence-electron chi connectivity index (χ1n) is 7.03. The lowest BCUT2D eigenvalue weighted by atomic mass is 10.1. The number of carbonyl (C=O) groups is 1. The van der Waals surface area contributed by atoms with Gasteiger partial charge in [0, 0.05) is 12.1 Å². The van der Waals surface area contributed by atoms with Crippen molar-refractivity contribution in [2.75, 3.05) is 5.32 Å². The molecular formula is C15H21N5O. The molecule has 1 N–H and O–H groups in total. The second-order valence-corrected chi connectivity index (χ2v) is 5.58. The van der Waals surface area contributed by atoms with E-state index in [1.807, 2.05) is 39.2 Å². The van der Waals surface area contributed by atoms with Crippen molar-refractivity contribution in [3.8, 4) is 5.95 Å². The molecule has 6 heteroatoms. The number of aryl methyl sites for hydroxylation is 2. The van der Waals surface area contributed by atoms with Crippen molar-refractivity contribution in [3.05, 3.63) is 29.6 Å². The summed E-state index contributed by atoms with van der Waals surface area (Å²) in [7, 11) is 0. The smallest absolute Gasteiger partial charge is 0.235 e. The number of nitrogens with one attached hydrogen (secondary N) is 1. The molecule has 0 radical (unpaired) electrons. The number of anilines is 1. The van der Waals surface area contributed by atoms with Gasteiger partial charge in [-0.15, -0.1) is 0 Å². The molecule has 1 amide bonds. The van der Waals surface area contributed by atoms with Crippen molar-refractivity contribution in [3.63, 3.8) is 0 Å². The van der Waals surface area contributed by atoms with Crippen molar-refractivity contribution in [2.45, 2.75) is 41.0 Å². The molecule has 0 saturated heterocycles. The van der Waals surface area contributed by atoms with Crippen LogP contribution in [-0.4, -0.2) is 25.4 Å². The molecule has 0 aliphatic heterocycles. The summed E-state index contributed by atoms with van der Waals surface area (Å²) in [5.74, 6) is 1.71. The van der Waals surface area contributed by atoms with Gasteiger partial charge in [0.1, 0.15) is 5.82 Å². The van der Waals surface area contributed by atoms with E-state index in [0.717, 1.165) is 17.2 Å². The Morgan fingerprint density at radius 3 is 2.33 bits per heavy atom. The van der Waals surface area contributed by atoms with Gasteiger partial charge in [0.25, 0.3) is 0 Å². The summed E-state index contributed by atoms with van der Waals surface area (Å²) in [6.45, 7) is 9.87. The summed E-state index contributed by atoms with van der Waals surface area (Å²) < 4.78 is 1.90. The van der Waals surface area contributed by atoms with Crippen LogP contribution in [0, 0.1) is 26.7 Å². The Balaban J connectivity index is 2.17. The SMILES string of the molecule is Cc1nc(C)n(-c2ncc(NC(=O)CC(C)C)cn2)c1C. The maximum Gasteiger partial charge on any atom is 0.235 e. The molecular weight excluding hydrogens is 266 g/mol. The predicted octanol–water partition coefficient (Wildman–Crippen LogP) is 2.57. The van der Waals surface area contributed by atoms with E-state index in [-0.39, 0.29) is 5.91 Å². The first-order chi connectivity index (χ1) is 9.88. The average Bonchev–Trinajstić information content (AvgIpc) is 2.63. The highest BCUT2D eigenvalue weighted by atomic mass is 16.1. The van der Waals surface area contributed by atoms with Gasteiger partial charge in [-0.3, -0.25) is 9.36 Å². The van der Waals surface area contributed by atoms with Crippen LogP contribution in [-0.2, 0) is 4.79 Å². The van der Waals surface area contributed by atoms with E-state index in [2.05, 4.69) is 20.3 Å². The highest BCUT2D eigenvalue weighted by Gasteiger charge is 2.12. The number of carbonyl (C=O) groups excluding carboxylic acids is 1. The van der Waals surface area contributed by atoms with Crippen LogP contribution in [0.2, 0.25) is 0 Å². The van der Waals surface area contributed by atoms with Gasteiger partial charge in [-0.05, 0) is 26.7 Å². The fourth-order valence-electron chi connectivity index (χ4n) is 2.16. The fourth-order valence-corrected chi connectivity index (χ4v) is 2.16.